The highest BCUT2D eigenvalue weighted by atomic mass is 16.3. The fourth-order valence-electron chi connectivity index (χ4n) is 2.82. The van der Waals surface area contributed by atoms with Gasteiger partial charge < -0.3 is 9.32 Å². The molecule has 0 saturated heterocycles. The average Bonchev–Trinajstić information content (AvgIpc) is 3.15. The molecule has 0 atom stereocenters. The Hall–Kier alpha value is -2.82. The van der Waals surface area contributed by atoms with Crippen LogP contribution < -0.4 is 0 Å². The summed E-state index contributed by atoms with van der Waals surface area (Å²) in [7, 11) is 0. The Balaban J connectivity index is 1.56. The summed E-state index contributed by atoms with van der Waals surface area (Å²) in [5.41, 5.74) is 2.29. The third-order valence-electron chi connectivity index (χ3n) is 4.25. The topological polar surface area (TPSA) is 62.1 Å². The van der Waals surface area contributed by atoms with Crippen LogP contribution in [0, 0.1) is 6.92 Å². The van der Waals surface area contributed by atoms with Crippen LogP contribution in [0.5, 0.6) is 0 Å². The average molecular weight is 321 g/mol. The third-order valence-corrected chi connectivity index (χ3v) is 4.25. The number of amides is 1. The minimum Gasteiger partial charge on any atom is -0.460 e. The van der Waals surface area contributed by atoms with Crippen molar-refractivity contribution < 1.29 is 9.21 Å². The lowest BCUT2D eigenvalue weighted by atomic mass is 10.2. The first-order valence-electron chi connectivity index (χ1n) is 8.18. The molecule has 1 saturated carbocycles. The van der Waals surface area contributed by atoms with Crippen molar-refractivity contribution >= 4 is 5.91 Å². The SMILES string of the molecule is Cc1ccc(-c2cc(C(=O)N(Cc3ccccc3)C3CC3)n[nH]2)o1. The van der Waals surface area contributed by atoms with E-state index < -0.39 is 0 Å². The van der Waals surface area contributed by atoms with Crippen LogP contribution in [0.2, 0.25) is 0 Å². The minimum atomic E-state index is -0.0351. The molecule has 0 radical (unpaired) electrons. The van der Waals surface area contributed by atoms with Gasteiger partial charge in [0.1, 0.15) is 11.5 Å². The number of carbonyl (C=O) groups is 1. The predicted octanol–water partition coefficient (Wildman–Crippen LogP) is 3.78. The fourth-order valence-corrected chi connectivity index (χ4v) is 2.82. The summed E-state index contributed by atoms with van der Waals surface area (Å²) >= 11 is 0. The second-order valence-corrected chi connectivity index (χ2v) is 6.23. The Morgan fingerprint density at radius 1 is 1.25 bits per heavy atom. The van der Waals surface area contributed by atoms with Crippen molar-refractivity contribution in [3.8, 4) is 11.5 Å². The first kappa shape index (κ1) is 14.8. The van der Waals surface area contributed by atoms with Crippen LogP contribution in [0.4, 0.5) is 0 Å². The van der Waals surface area contributed by atoms with E-state index in [0.717, 1.165) is 29.9 Å². The molecule has 1 aliphatic carbocycles. The number of H-pyrrole nitrogens is 1. The molecule has 1 aliphatic rings. The normalized spacial score (nSPS) is 13.9. The number of furan rings is 1. The second-order valence-electron chi connectivity index (χ2n) is 6.23. The molecular formula is C19H19N3O2. The number of aryl methyl sites for hydroxylation is 1. The van der Waals surface area contributed by atoms with Gasteiger partial charge in [-0.1, -0.05) is 30.3 Å². The minimum absolute atomic E-state index is 0.0351. The first-order valence-corrected chi connectivity index (χ1v) is 8.18. The highest BCUT2D eigenvalue weighted by Gasteiger charge is 2.34. The number of rotatable bonds is 5. The maximum absolute atomic E-state index is 12.9. The van der Waals surface area contributed by atoms with Gasteiger partial charge in [-0.2, -0.15) is 5.10 Å². The molecule has 2 heterocycles. The van der Waals surface area contributed by atoms with E-state index in [0.29, 0.717) is 24.0 Å². The van der Waals surface area contributed by atoms with Crippen LogP contribution >= 0.6 is 0 Å². The van der Waals surface area contributed by atoms with Gasteiger partial charge >= 0.3 is 0 Å². The molecule has 0 bridgehead atoms. The molecule has 4 rings (SSSR count). The molecule has 5 nitrogen and oxygen atoms in total. The summed E-state index contributed by atoms with van der Waals surface area (Å²) in [5, 5.41) is 7.10. The summed E-state index contributed by atoms with van der Waals surface area (Å²) in [5.74, 6) is 1.49. The van der Waals surface area contributed by atoms with Crippen LogP contribution in [0.1, 0.15) is 34.7 Å². The quantitative estimate of drug-likeness (QED) is 0.778. The number of carbonyl (C=O) groups excluding carboxylic acids is 1. The van der Waals surface area contributed by atoms with E-state index in [4.69, 9.17) is 4.42 Å². The maximum Gasteiger partial charge on any atom is 0.274 e. The van der Waals surface area contributed by atoms with Gasteiger partial charge in [0.05, 0.1) is 0 Å². The summed E-state index contributed by atoms with van der Waals surface area (Å²) in [4.78, 5) is 14.8. The number of nitrogens with zero attached hydrogens (tertiary/aromatic N) is 2. The molecule has 0 aliphatic heterocycles. The van der Waals surface area contributed by atoms with Crippen LogP contribution in [0.25, 0.3) is 11.5 Å². The number of hydrogen-bond donors (Lipinski definition) is 1. The fraction of sp³-hybridized carbons (Fsp3) is 0.263. The van der Waals surface area contributed by atoms with E-state index in [1.807, 2.05) is 54.3 Å². The molecule has 1 aromatic carbocycles. The van der Waals surface area contributed by atoms with Crippen molar-refractivity contribution in [3.63, 3.8) is 0 Å². The van der Waals surface area contributed by atoms with Crippen LogP contribution in [-0.4, -0.2) is 27.0 Å². The zero-order chi connectivity index (χ0) is 16.5. The van der Waals surface area contributed by atoms with Gasteiger partial charge in [-0.15, -0.1) is 0 Å². The van der Waals surface area contributed by atoms with Gasteiger partial charge in [0.25, 0.3) is 5.91 Å². The third kappa shape index (κ3) is 2.97. The monoisotopic (exact) mass is 321 g/mol. The van der Waals surface area contributed by atoms with Crippen LogP contribution in [0.15, 0.2) is 52.9 Å². The highest BCUT2D eigenvalue weighted by molar-refractivity contribution is 5.93. The molecule has 0 spiro atoms. The predicted molar refractivity (Wildman–Crippen MR) is 90.4 cm³/mol. The maximum atomic E-state index is 12.9. The van der Waals surface area contributed by atoms with E-state index in [1.54, 1.807) is 6.07 Å². The molecule has 1 fully saturated rings. The molecule has 3 aromatic rings. The van der Waals surface area contributed by atoms with Crippen molar-refractivity contribution in [2.45, 2.75) is 32.4 Å². The van der Waals surface area contributed by atoms with E-state index in [1.165, 1.54) is 0 Å². The van der Waals surface area contributed by atoms with Gasteiger partial charge in [-0.3, -0.25) is 9.89 Å². The Kier molecular flexibility index (Phi) is 3.69. The van der Waals surface area contributed by atoms with Crippen molar-refractivity contribution in [1.29, 1.82) is 0 Å². The summed E-state index contributed by atoms with van der Waals surface area (Å²) in [6.45, 7) is 2.51. The Morgan fingerprint density at radius 3 is 2.71 bits per heavy atom. The zero-order valence-electron chi connectivity index (χ0n) is 13.5. The molecule has 122 valence electrons. The number of aromatic amines is 1. The summed E-state index contributed by atoms with van der Waals surface area (Å²) < 4.78 is 5.58. The number of nitrogens with one attached hydrogen (secondary N) is 1. The summed E-state index contributed by atoms with van der Waals surface area (Å²) in [6.07, 6.45) is 2.13. The molecule has 1 amide bonds. The van der Waals surface area contributed by atoms with Gasteiger partial charge in [0.15, 0.2) is 11.5 Å². The Labute approximate surface area is 140 Å². The highest BCUT2D eigenvalue weighted by Crippen LogP contribution is 2.30. The van der Waals surface area contributed by atoms with Gasteiger partial charge in [0, 0.05) is 18.7 Å². The van der Waals surface area contributed by atoms with Crippen LogP contribution in [0.3, 0.4) is 0 Å². The van der Waals surface area contributed by atoms with E-state index >= 15 is 0 Å². The van der Waals surface area contributed by atoms with Gasteiger partial charge in [-0.05, 0) is 37.5 Å². The molecule has 2 aromatic heterocycles. The standard InChI is InChI=1S/C19H19N3O2/c1-13-7-10-18(24-13)16-11-17(21-20-16)19(23)22(15-8-9-15)12-14-5-3-2-4-6-14/h2-7,10-11,15H,8-9,12H2,1H3,(H,20,21). The zero-order valence-corrected chi connectivity index (χ0v) is 13.5. The van der Waals surface area contributed by atoms with Gasteiger partial charge in [0.2, 0.25) is 0 Å². The first-order chi connectivity index (χ1) is 11.7. The smallest absolute Gasteiger partial charge is 0.274 e. The molecular weight excluding hydrogens is 302 g/mol. The van der Waals surface area contributed by atoms with Crippen molar-refractivity contribution in [1.82, 2.24) is 15.1 Å². The van der Waals surface area contributed by atoms with Crippen molar-refractivity contribution in [2.75, 3.05) is 0 Å². The van der Waals surface area contributed by atoms with E-state index in [-0.39, 0.29) is 5.91 Å². The number of benzene rings is 1. The largest absolute Gasteiger partial charge is 0.460 e. The molecule has 24 heavy (non-hydrogen) atoms. The summed E-state index contributed by atoms with van der Waals surface area (Å²) in [6, 6.07) is 15.9. The van der Waals surface area contributed by atoms with E-state index in [2.05, 4.69) is 10.2 Å². The second kappa shape index (κ2) is 6.00. The lowest BCUT2D eigenvalue weighted by Crippen LogP contribution is -2.32. The van der Waals surface area contributed by atoms with Gasteiger partial charge in [-0.25, -0.2) is 0 Å². The lowest BCUT2D eigenvalue weighted by molar-refractivity contribution is 0.0724. The molecule has 0 unspecified atom stereocenters. The van der Waals surface area contributed by atoms with Crippen LogP contribution in [-0.2, 0) is 6.54 Å². The van der Waals surface area contributed by atoms with Crippen molar-refractivity contribution in [3.05, 3.63) is 65.5 Å². The molecule has 5 heteroatoms. The number of hydrogen-bond acceptors (Lipinski definition) is 3. The number of aromatic nitrogens is 2. The Morgan fingerprint density at radius 2 is 2.04 bits per heavy atom. The molecule has 1 N–H and O–H groups in total. The Bertz CT molecular complexity index is 846. The lowest BCUT2D eigenvalue weighted by Gasteiger charge is -2.21. The van der Waals surface area contributed by atoms with E-state index in [9.17, 15) is 4.79 Å². The van der Waals surface area contributed by atoms with Crippen molar-refractivity contribution in [2.24, 2.45) is 0 Å².